The van der Waals surface area contributed by atoms with Crippen LogP contribution in [0.2, 0.25) is 0 Å². The monoisotopic (exact) mass is 223 g/mol. The first-order valence-corrected chi connectivity index (χ1v) is 5.74. The van der Waals surface area contributed by atoms with Crippen LogP contribution in [0.25, 0.3) is 0 Å². The molecule has 2 rings (SSSR count). The minimum atomic E-state index is -0.184. The minimum absolute atomic E-state index is 0.184. The van der Waals surface area contributed by atoms with Gasteiger partial charge in [0, 0.05) is 25.7 Å². The van der Waals surface area contributed by atoms with Crippen molar-refractivity contribution >= 4 is 0 Å². The molecule has 1 heterocycles. The van der Waals surface area contributed by atoms with Crippen LogP contribution in [0, 0.1) is 5.82 Å². The van der Waals surface area contributed by atoms with E-state index >= 15 is 0 Å². The summed E-state index contributed by atoms with van der Waals surface area (Å²) in [5, 5.41) is 6.76. The Kier molecular flexibility index (Phi) is 3.88. The standard InChI is InChI=1S/C12H18FN3/c13-10-1-2-11(9(7-10)3-4-14)12-8-15-5-6-16-12/h1-2,7,12,15-16H,3-6,8,14H2. The zero-order valence-corrected chi connectivity index (χ0v) is 9.30. The van der Waals surface area contributed by atoms with Gasteiger partial charge < -0.3 is 16.4 Å². The zero-order chi connectivity index (χ0) is 11.4. The normalized spacial score (nSPS) is 21.0. The van der Waals surface area contributed by atoms with Crippen LogP contribution in [0.3, 0.4) is 0 Å². The topological polar surface area (TPSA) is 50.1 Å². The van der Waals surface area contributed by atoms with Gasteiger partial charge in [0.15, 0.2) is 0 Å². The average Bonchev–Trinajstić information content (AvgIpc) is 2.31. The molecule has 1 aliphatic rings. The summed E-state index contributed by atoms with van der Waals surface area (Å²) in [5.41, 5.74) is 7.73. The summed E-state index contributed by atoms with van der Waals surface area (Å²) < 4.78 is 13.2. The van der Waals surface area contributed by atoms with Crippen molar-refractivity contribution in [1.82, 2.24) is 10.6 Å². The van der Waals surface area contributed by atoms with Crippen LogP contribution in [0.5, 0.6) is 0 Å². The Balaban J connectivity index is 2.23. The van der Waals surface area contributed by atoms with E-state index in [0.29, 0.717) is 6.54 Å². The van der Waals surface area contributed by atoms with Crippen molar-refractivity contribution < 1.29 is 4.39 Å². The molecule has 0 amide bonds. The predicted octanol–water partition coefficient (Wildman–Crippen LogP) is 0.561. The van der Waals surface area contributed by atoms with Gasteiger partial charge in [0.1, 0.15) is 5.82 Å². The van der Waals surface area contributed by atoms with E-state index in [9.17, 15) is 4.39 Å². The first-order valence-electron chi connectivity index (χ1n) is 5.74. The molecule has 0 spiro atoms. The lowest BCUT2D eigenvalue weighted by atomic mass is 9.97. The summed E-state index contributed by atoms with van der Waals surface area (Å²) in [5.74, 6) is -0.184. The van der Waals surface area contributed by atoms with Crippen molar-refractivity contribution in [3.63, 3.8) is 0 Å². The van der Waals surface area contributed by atoms with Crippen LogP contribution in [-0.4, -0.2) is 26.2 Å². The summed E-state index contributed by atoms with van der Waals surface area (Å²) >= 11 is 0. The van der Waals surface area contributed by atoms with Gasteiger partial charge in [-0.25, -0.2) is 4.39 Å². The molecule has 88 valence electrons. The second kappa shape index (κ2) is 5.39. The van der Waals surface area contributed by atoms with Crippen molar-refractivity contribution in [3.05, 3.63) is 35.1 Å². The highest BCUT2D eigenvalue weighted by Gasteiger charge is 2.17. The van der Waals surface area contributed by atoms with Gasteiger partial charge in [-0.3, -0.25) is 0 Å². The van der Waals surface area contributed by atoms with Crippen LogP contribution < -0.4 is 16.4 Å². The fourth-order valence-corrected chi connectivity index (χ4v) is 2.16. The lowest BCUT2D eigenvalue weighted by Crippen LogP contribution is -2.43. The molecule has 1 saturated heterocycles. The Hall–Kier alpha value is -0.970. The molecule has 4 heteroatoms. The Morgan fingerprint density at radius 1 is 1.38 bits per heavy atom. The number of nitrogens with two attached hydrogens (primary N) is 1. The molecule has 1 aliphatic heterocycles. The van der Waals surface area contributed by atoms with E-state index in [2.05, 4.69) is 10.6 Å². The third kappa shape index (κ3) is 2.58. The molecule has 1 fully saturated rings. The fourth-order valence-electron chi connectivity index (χ4n) is 2.16. The number of halogens is 1. The highest BCUT2D eigenvalue weighted by molar-refractivity contribution is 5.31. The third-order valence-corrected chi connectivity index (χ3v) is 2.94. The number of benzene rings is 1. The van der Waals surface area contributed by atoms with Gasteiger partial charge in [0.05, 0.1) is 0 Å². The zero-order valence-electron chi connectivity index (χ0n) is 9.30. The highest BCUT2D eigenvalue weighted by Crippen LogP contribution is 2.20. The van der Waals surface area contributed by atoms with Crippen molar-refractivity contribution in [3.8, 4) is 0 Å². The van der Waals surface area contributed by atoms with Crippen LogP contribution >= 0.6 is 0 Å². The second-order valence-corrected chi connectivity index (χ2v) is 4.09. The van der Waals surface area contributed by atoms with Crippen molar-refractivity contribution in [2.45, 2.75) is 12.5 Å². The van der Waals surface area contributed by atoms with Crippen molar-refractivity contribution in [2.75, 3.05) is 26.2 Å². The van der Waals surface area contributed by atoms with Gasteiger partial charge in [0.2, 0.25) is 0 Å². The van der Waals surface area contributed by atoms with Gasteiger partial charge in [-0.15, -0.1) is 0 Å². The molecule has 1 unspecified atom stereocenters. The lowest BCUT2D eigenvalue weighted by Gasteiger charge is -2.26. The van der Waals surface area contributed by atoms with Crippen LogP contribution in [-0.2, 0) is 6.42 Å². The van der Waals surface area contributed by atoms with E-state index in [-0.39, 0.29) is 11.9 Å². The smallest absolute Gasteiger partial charge is 0.123 e. The van der Waals surface area contributed by atoms with Crippen LogP contribution in [0.1, 0.15) is 17.2 Å². The van der Waals surface area contributed by atoms with Gasteiger partial charge in [-0.05, 0) is 36.2 Å². The molecule has 1 atom stereocenters. The summed E-state index contributed by atoms with van der Waals surface area (Å²) in [7, 11) is 0. The number of piperazine rings is 1. The Labute approximate surface area is 95.2 Å². The SMILES string of the molecule is NCCc1cc(F)ccc1C1CNCCN1. The molecule has 0 aromatic heterocycles. The fraction of sp³-hybridized carbons (Fsp3) is 0.500. The molecular formula is C12H18FN3. The molecule has 1 aromatic rings. The predicted molar refractivity (Wildman–Crippen MR) is 62.8 cm³/mol. The van der Waals surface area contributed by atoms with Gasteiger partial charge in [-0.1, -0.05) is 6.07 Å². The maximum Gasteiger partial charge on any atom is 0.123 e. The van der Waals surface area contributed by atoms with Gasteiger partial charge in [-0.2, -0.15) is 0 Å². The Morgan fingerprint density at radius 3 is 2.94 bits per heavy atom. The molecule has 16 heavy (non-hydrogen) atoms. The second-order valence-electron chi connectivity index (χ2n) is 4.09. The molecule has 1 aromatic carbocycles. The summed E-state index contributed by atoms with van der Waals surface area (Å²) in [6.07, 6.45) is 0.727. The van der Waals surface area contributed by atoms with E-state index < -0.39 is 0 Å². The first-order chi connectivity index (χ1) is 7.81. The molecule has 4 N–H and O–H groups in total. The average molecular weight is 223 g/mol. The maximum atomic E-state index is 13.2. The van der Waals surface area contributed by atoms with Crippen LogP contribution in [0.15, 0.2) is 18.2 Å². The summed E-state index contributed by atoms with van der Waals surface area (Å²) in [6.45, 7) is 3.38. The van der Waals surface area contributed by atoms with E-state index in [4.69, 9.17) is 5.73 Å². The molecule has 0 saturated carbocycles. The van der Waals surface area contributed by atoms with Crippen molar-refractivity contribution in [1.29, 1.82) is 0 Å². The van der Waals surface area contributed by atoms with Gasteiger partial charge >= 0.3 is 0 Å². The van der Waals surface area contributed by atoms with E-state index in [1.54, 1.807) is 6.07 Å². The first kappa shape index (κ1) is 11.5. The lowest BCUT2D eigenvalue weighted by molar-refractivity contribution is 0.427. The number of hydrogen-bond acceptors (Lipinski definition) is 3. The Bertz CT molecular complexity index is 348. The van der Waals surface area contributed by atoms with E-state index in [1.165, 1.54) is 11.6 Å². The largest absolute Gasteiger partial charge is 0.330 e. The Morgan fingerprint density at radius 2 is 2.25 bits per heavy atom. The molecule has 0 bridgehead atoms. The van der Waals surface area contributed by atoms with Crippen molar-refractivity contribution in [2.24, 2.45) is 5.73 Å². The van der Waals surface area contributed by atoms with E-state index in [0.717, 1.165) is 31.6 Å². The number of rotatable bonds is 3. The maximum absolute atomic E-state index is 13.2. The summed E-state index contributed by atoms with van der Waals surface area (Å²) in [6, 6.07) is 5.26. The summed E-state index contributed by atoms with van der Waals surface area (Å²) in [4.78, 5) is 0. The molecule has 0 radical (unpaired) electrons. The minimum Gasteiger partial charge on any atom is -0.330 e. The van der Waals surface area contributed by atoms with Crippen LogP contribution in [0.4, 0.5) is 4.39 Å². The van der Waals surface area contributed by atoms with E-state index in [1.807, 2.05) is 6.07 Å². The van der Waals surface area contributed by atoms with Gasteiger partial charge in [0.25, 0.3) is 0 Å². The molecular weight excluding hydrogens is 205 g/mol. The quantitative estimate of drug-likeness (QED) is 0.702. The third-order valence-electron chi connectivity index (χ3n) is 2.94. The molecule has 3 nitrogen and oxygen atoms in total. The molecule has 0 aliphatic carbocycles. The number of nitrogens with one attached hydrogen (secondary N) is 2. The number of hydrogen-bond donors (Lipinski definition) is 3. The highest BCUT2D eigenvalue weighted by atomic mass is 19.1.